The highest BCUT2D eigenvalue weighted by atomic mass is 32.2. The number of nitriles is 1. The molecule has 3 N–H and O–H groups in total. The summed E-state index contributed by atoms with van der Waals surface area (Å²) in [5, 5.41) is 15.3. The smallest absolute Gasteiger partial charge is 0.244 e. The van der Waals surface area contributed by atoms with Crippen molar-refractivity contribution in [1.82, 2.24) is 19.5 Å². The van der Waals surface area contributed by atoms with E-state index in [1.807, 2.05) is 6.07 Å². The summed E-state index contributed by atoms with van der Waals surface area (Å²) in [6, 6.07) is 5.92. The zero-order valence-corrected chi connectivity index (χ0v) is 11.4. The summed E-state index contributed by atoms with van der Waals surface area (Å²) >= 11 is 0. The fourth-order valence-electron chi connectivity index (χ4n) is 1.63. The molecule has 0 saturated carbocycles. The van der Waals surface area contributed by atoms with Crippen LogP contribution in [-0.4, -0.2) is 35.0 Å². The van der Waals surface area contributed by atoms with Crippen LogP contribution >= 0.6 is 0 Å². The Morgan fingerprint density at radius 1 is 1.50 bits per heavy atom. The highest BCUT2D eigenvalue weighted by molar-refractivity contribution is 7.89. The number of benzene rings is 1. The second-order valence-corrected chi connectivity index (χ2v) is 6.07. The number of hydrogen-bond acceptors (Lipinski definition) is 6. The van der Waals surface area contributed by atoms with E-state index in [0.717, 1.165) is 4.31 Å². The van der Waals surface area contributed by atoms with E-state index in [-0.39, 0.29) is 17.0 Å². The molecule has 0 aliphatic rings. The van der Waals surface area contributed by atoms with Gasteiger partial charge in [0.05, 0.1) is 12.1 Å². The molecule has 8 nitrogen and oxygen atoms in total. The number of aromatic amines is 1. The van der Waals surface area contributed by atoms with Crippen molar-refractivity contribution in [3.63, 3.8) is 0 Å². The number of aromatic nitrogens is 3. The van der Waals surface area contributed by atoms with Crippen LogP contribution in [0.1, 0.15) is 11.4 Å². The summed E-state index contributed by atoms with van der Waals surface area (Å²) in [5.41, 5.74) is 5.89. The number of nitrogens with one attached hydrogen (secondary N) is 1. The van der Waals surface area contributed by atoms with Gasteiger partial charge in [0.1, 0.15) is 23.1 Å². The number of anilines is 1. The van der Waals surface area contributed by atoms with Crippen LogP contribution in [0.5, 0.6) is 0 Å². The zero-order valence-electron chi connectivity index (χ0n) is 10.6. The first-order chi connectivity index (χ1) is 9.45. The minimum absolute atomic E-state index is 0.00872. The van der Waals surface area contributed by atoms with E-state index >= 15 is 0 Å². The van der Waals surface area contributed by atoms with Gasteiger partial charge in [0, 0.05) is 12.7 Å². The molecule has 2 aromatic rings. The Morgan fingerprint density at radius 3 is 2.85 bits per heavy atom. The van der Waals surface area contributed by atoms with Crippen molar-refractivity contribution in [2.45, 2.75) is 11.4 Å². The van der Waals surface area contributed by atoms with Crippen LogP contribution in [0.4, 0.5) is 5.69 Å². The molecule has 104 valence electrons. The van der Waals surface area contributed by atoms with Crippen LogP contribution in [0.2, 0.25) is 0 Å². The maximum atomic E-state index is 12.4. The van der Waals surface area contributed by atoms with Crippen LogP contribution in [0.3, 0.4) is 0 Å². The van der Waals surface area contributed by atoms with Gasteiger partial charge in [-0.25, -0.2) is 13.4 Å². The molecule has 0 amide bonds. The molecule has 0 radical (unpaired) electrons. The van der Waals surface area contributed by atoms with Gasteiger partial charge in [-0.15, -0.1) is 0 Å². The molecule has 0 saturated heterocycles. The molecule has 2 rings (SSSR count). The van der Waals surface area contributed by atoms with Crippen LogP contribution in [0.15, 0.2) is 29.4 Å². The molecule has 0 spiro atoms. The summed E-state index contributed by atoms with van der Waals surface area (Å²) in [6.45, 7) is 0.0254. The van der Waals surface area contributed by atoms with Gasteiger partial charge in [-0.1, -0.05) is 0 Å². The van der Waals surface area contributed by atoms with Gasteiger partial charge in [-0.3, -0.25) is 5.10 Å². The Labute approximate surface area is 115 Å². The number of nitrogens with zero attached hydrogens (tertiary/aromatic N) is 4. The number of sulfonamides is 1. The lowest BCUT2D eigenvalue weighted by atomic mass is 10.2. The monoisotopic (exact) mass is 292 g/mol. The zero-order chi connectivity index (χ0) is 14.8. The molecule has 0 fully saturated rings. The minimum Gasteiger partial charge on any atom is -0.399 e. The van der Waals surface area contributed by atoms with Crippen molar-refractivity contribution in [3.05, 3.63) is 35.9 Å². The van der Waals surface area contributed by atoms with Gasteiger partial charge in [0.25, 0.3) is 0 Å². The maximum Gasteiger partial charge on any atom is 0.244 e. The van der Waals surface area contributed by atoms with E-state index < -0.39 is 10.0 Å². The van der Waals surface area contributed by atoms with Crippen molar-refractivity contribution >= 4 is 15.7 Å². The summed E-state index contributed by atoms with van der Waals surface area (Å²) in [4.78, 5) is 3.78. The molecule has 0 atom stereocenters. The third kappa shape index (κ3) is 2.61. The first kappa shape index (κ1) is 14.0. The Hall–Kier alpha value is -2.44. The molecule has 20 heavy (non-hydrogen) atoms. The molecule has 0 aliphatic heterocycles. The SMILES string of the molecule is CN(Cc1ncn[nH]1)S(=O)(=O)c1ccc(N)cc1C#N. The van der Waals surface area contributed by atoms with E-state index in [1.54, 1.807) is 0 Å². The van der Waals surface area contributed by atoms with Crippen molar-refractivity contribution < 1.29 is 8.42 Å². The predicted molar refractivity (Wildman–Crippen MR) is 70.6 cm³/mol. The van der Waals surface area contributed by atoms with Crippen LogP contribution in [-0.2, 0) is 16.6 Å². The van der Waals surface area contributed by atoms with Crippen LogP contribution in [0, 0.1) is 11.3 Å². The van der Waals surface area contributed by atoms with Crippen molar-refractivity contribution in [2.24, 2.45) is 0 Å². The van der Waals surface area contributed by atoms with E-state index in [1.165, 1.54) is 31.6 Å². The first-order valence-electron chi connectivity index (χ1n) is 5.55. The Bertz CT molecular complexity index is 748. The van der Waals surface area contributed by atoms with E-state index in [2.05, 4.69) is 15.2 Å². The van der Waals surface area contributed by atoms with Crippen LogP contribution < -0.4 is 5.73 Å². The highest BCUT2D eigenvalue weighted by Gasteiger charge is 2.25. The molecular weight excluding hydrogens is 280 g/mol. The van der Waals surface area contributed by atoms with Gasteiger partial charge in [0.15, 0.2) is 0 Å². The first-order valence-corrected chi connectivity index (χ1v) is 6.99. The van der Waals surface area contributed by atoms with Gasteiger partial charge in [-0.2, -0.15) is 14.7 Å². The predicted octanol–water partition coefficient (Wildman–Crippen LogP) is 0.0793. The summed E-state index contributed by atoms with van der Waals surface area (Å²) in [6.07, 6.45) is 1.29. The Balaban J connectivity index is 2.38. The third-order valence-electron chi connectivity index (χ3n) is 2.65. The van der Waals surface area contributed by atoms with Gasteiger partial charge < -0.3 is 5.73 Å². The molecule has 9 heteroatoms. The molecule has 0 bridgehead atoms. The molecular formula is C11H12N6O2S. The molecule has 1 heterocycles. The topological polar surface area (TPSA) is 129 Å². The molecule has 1 aromatic carbocycles. The number of nitrogens with two attached hydrogens (primary N) is 1. The summed E-state index contributed by atoms with van der Waals surface area (Å²) < 4.78 is 25.9. The number of nitrogen functional groups attached to an aromatic ring is 1. The summed E-state index contributed by atoms with van der Waals surface area (Å²) in [5.74, 6) is 0.407. The lowest BCUT2D eigenvalue weighted by Crippen LogP contribution is -2.27. The van der Waals surface area contributed by atoms with Crippen molar-refractivity contribution in [2.75, 3.05) is 12.8 Å². The standard InChI is InChI=1S/C11H12N6O2S/c1-17(6-11-14-7-15-16-11)20(18,19)10-3-2-9(13)4-8(10)5-12/h2-4,7H,6,13H2,1H3,(H,14,15,16). The Morgan fingerprint density at radius 2 is 2.25 bits per heavy atom. The van der Waals surface area contributed by atoms with Crippen molar-refractivity contribution in [3.8, 4) is 6.07 Å². The maximum absolute atomic E-state index is 12.4. The molecule has 0 aliphatic carbocycles. The summed E-state index contributed by atoms with van der Waals surface area (Å²) in [7, 11) is -2.41. The lowest BCUT2D eigenvalue weighted by molar-refractivity contribution is 0.457. The second kappa shape index (κ2) is 5.28. The van der Waals surface area contributed by atoms with Crippen LogP contribution in [0.25, 0.3) is 0 Å². The fraction of sp³-hybridized carbons (Fsp3) is 0.182. The average molecular weight is 292 g/mol. The van der Waals surface area contributed by atoms with E-state index in [0.29, 0.717) is 11.5 Å². The normalized spacial score (nSPS) is 11.4. The Kier molecular flexibility index (Phi) is 3.69. The lowest BCUT2D eigenvalue weighted by Gasteiger charge is -2.16. The second-order valence-electron chi connectivity index (χ2n) is 4.06. The van der Waals surface area contributed by atoms with E-state index in [4.69, 9.17) is 11.0 Å². The third-order valence-corrected chi connectivity index (χ3v) is 4.51. The number of rotatable bonds is 4. The largest absolute Gasteiger partial charge is 0.399 e. The number of H-pyrrole nitrogens is 1. The number of hydrogen-bond donors (Lipinski definition) is 2. The molecule has 0 unspecified atom stereocenters. The highest BCUT2D eigenvalue weighted by Crippen LogP contribution is 2.21. The van der Waals surface area contributed by atoms with Gasteiger partial charge >= 0.3 is 0 Å². The fourth-order valence-corrected chi connectivity index (χ4v) is 2.88. The molecule has 1 aromatic heterocycles. The minimum atomic E-state index is -3.81. The van der Waals surface area contributed by atoms with E-state index in [9.17, 15) is 8.42 Å². The quantitative estimate of drug-likeness (QED) is 0.768. The van der Waals surface area contributed by atoms with Crippen molar-refractivity contribution in [1.29, 1.82) is 5.26 Å². The van der Waals surface area contributed by atoms with Gasteiger partial charge in [-0.05, 0) is 18.2 Å². The average Bonchev–Trinajstić information content (AvgIpc) is 2.91. The van der Waals surface area contributed by atoms with Gasteiger partial charge in [0.2, 0.25) is 10.0 Å².